The number of aromatic nitrogens is 4. The molecule has 0 bridgehead atoms. The van der Waals surface area contributed by atoms with Gasteiger partial charge >= 0.3 is 0 Å². The van der Waals surface area contributed by atoms with Gasteiger partial charge < -0.3 is 9.55 Å². The van der Waals surface area contributed by atoms with Crippen molar-refractivity contribution in [3.8, 4) is 0 Å². The summed E-state index contributed by atoms with van der Waals surface area (Å²) in [6.07, 6.45) is 19.0. The van der Waals surface area contributed by atoms with Gasteiger partial charge in [-0.15, -0.1) is 0 Å². The maximum absolute atomic E-state index is 4.64. The van der Waals surface area contributed by atoms with Crippen LogP contribution in [0.15, 0.2) is 43.0 Å². The zero-order chi connectivity index (χ0) is 19.2. The van der Waals surface area contributed by atoms with Gasteiger partial charge in [0.05, 0.1) is 17.4 Å². The first-order valence-electron chi connectivity index (χ1n) is 10.7. The van der Waals surface area contributed by atoms with Crippen molar-refractivity contribution in [1.29, 1.82) is 0 Å². The first kappa shape index (κ1) is 21.2. The number of aromatic amines is 1. The lowest BCUT2D eigenvalue weighted by Gasteiger charge is -2.07. The maximum atomic E-state index is 4.64. The highest BCUT2D eigenvalue weighted by atomic mass is 15.1. The summed E-state index contributed by atoms with van der Waals surface area (Å²) in [6, 6.07) is 8.47. The van der Waals surface area contributed by atoms with E-state index in [0.29, 0.717) is 0 Å². The molecule has 148 valence electrons. The number of para-hydroxylation sites is 2. The van der Waals surface area contributed by atoms with Gasteiger partial charge in [-0.25, -0.2) is 9.97 Å². The van der Waals surface area contributed by atoms with Crippen LogP contribution in [0.1, 0.15) is 77.0 Å². The van der Waals surface area contributed by atoms with Gasteiger partial charge in [0.25, 0.3) is 0 Å². The van der Waals surface area contributed by atoms with Crippen LogP contribution in [0.4, 0.5) is 0 Å². The quantitative estimate of drug-likeness (QED) is 0.384. The van der Waals surface area contributed by atoms with E-state index in [1.807, 2.05) is 0 Å². The fourth-order valence-electron chi connectivity index (χ4n) is 3.45. The van der Waals surface area contributed by atoms with E-state index in [4.69, 9.17) is 0 Å². The highest BCUT2D eigenvalue weighted by molar-refractivity contribution is 5.75. The molecule has 0 aliphatic heterocycles. The Morgan fingerprint density at radius 3 is 2.15 bits per heavy atom. The number of nitrogens with zero attached hydrogens (tertiary/aromatic N) is 3. The number of benzene rings is 1. The zero-order valence-corrected chi connectivity index (χ0v) is 17.2. The second-order valence-corrected chi connectivity index (χ2v) is 7.24. The van der Waals surface area contributed by atoms with Crippen LogP contribution >= 0.6 is 0 Å². The largest absolute Gasteiger partial charge is 0.351 e. The number of rotatable bonds is 11. The number of aryl methyl sites for hydroxylation is 2. The highest BCUT2D eigenvalue weighted by Crippen LogP contribution is 2.17. The summed E-state index contributed by atoms with van der Waals surface area (Å²) in [4.78, 5) is 11.1. The van der Waals surface area contributed by atoms with Gasteiger partial charge in [-0.05, 0) is 25.5 Å². The Balaban J connectivity index is 0.000000451. The Morgan fingerprint density at radius 2 is 1.56 bits per heavy atom. The van der Waals surface area contributed by atoms with Gasteiger partial charge in [-0.1, -0.05) is 76.8 Å². The van der Waals surface area contributed by atoms with E-state index in [9.17, 15) is 0 Å². The minimum atomic E-state index is 1.11. The summed E-state index contributed by atoms with van der Waals surface area (Å²) in [5, 5.41) is 0. The maximum Gasteiger partial charge on any atom is 0.106 e. The van der Waals surface area contributed by atoms with Crippen molar-refractivity contribution in [2.45, 2.75) is 84.6 Å². The molecule has 3 rings (SSSR count). The van der Waals surface area contributed by atoms with Gasteiger partial charge in [0, 0.05) is 18.9 Å². The summed E-state index contributed by atoms with van der Waals surface area (Å²) in [5.74, 6) is 1.15. The van der Waals surface area contributed by atoms with E-state index in [0.717, 1.165) is 17.9 Å². The van der Waals surface area contributed by atoms with E-state index in [-0.39, 0.29) is 0 Å². The number of hydrogen-bond donors (Lipinski definition) is 1. The molecule has 0 spiro atoms. The molecule has 0 atom stereocenters. The Morgan fingerprint density at radius 1 is 0.889 bits per heavy atom. The predicted molar refractivity (Wildman–Crippen MR) is 115 cm³/mol. The summed E-state index contributed by atoms with van der Waals surface area (Å²) < 4.78 is 2.38. The minimum Gasteiger partial charge on any atom is -0.351 e. The summed E-state index contributed by atoms with van der Waals surface area (Å²) in [5.41, 5.74) is 2.42. The Labute approximate surface area is 164 Å². The van der Waals surface area contributed by atoms with E-state index in [2.05, 4.69) is 57.6 Å². The first-order valence-corrected chi connectivity index (χ1v) is 10.7. The lowest BCUT2D eigenvalue weighted by Crippen LogP contribution is -2.00. The third-order valence-electron chi connectivity index (χ3n) is 4.99. The standard InChI is InChI=1S/C20H32N2.C3H4N2/c1-3-4-5-6-7-8-9-10-11-14-17-22-18(2)21-19-15-12-13-16-20(19)22;1-2-5-3-4-1/h12-13,15-16H,3-11,14,17H2,1-2H3;1-3H,(H,4,5). The van der Waals surface area contributed by atoms with Crippen LogP contribution in [0.25, 0.3) is 11.0 Å². The number of nitrogens with one attached hydrogen (secondary N) is 1. The zero-order valence-electron chi connectivity index (χ0n) is 17.2. The average Bonchev–Trinajstić information content (AvgIpc) is 3.35. The molecule has 4 nitrogen and oxygen atoms in total. The van der Waals surface area contributed by atoms with Crippen LogP contribution in [0, 0.1) is 6.92 Å². The average molecular weight is 369 g/mol. The molecule has 0 aliphatic rings. The smallest absolute Gasteiger partial charge is 0.106 e. The Bertz CT molecular complexity index is 698. The molecule has 0 saturated heterocycles. The van der Waals surface area contributed by atoms with E-state index < -0.39 is 0 Å². The van der Waals surface area contributed by atoms with Gasteiger partial charge in [-0.3, -0.25) is 0 Å². The first-order chi connectivity index (χ1) is 13.3. The molecule has 1 N–H and O–H groups in total. The molecular weight excluding hydrogens is 332 g/mol. The van der Waals surface area contributed by atoms with Crippen molar-refractivity contribution >= 4 is 11.0 Å². The van der Waals surface area contributed by atoms with E-state index in [1.54, 1.807) is 18.7 Å². The molecule has 1 aromatic carbocycles. The number of imidazole rings is 2. The monoisotopic (exact) mass is 368 g/mol. The normalized spacial score (nSPS) is 10.7. The van der Waals surface area contributed by atoms with Crippen LogP contribution in [-0.2, 0) is 6.54 Å². The highest BCUT2D eigenvalue weighted by Gasteiger charge is 2.05. The van der Waals surface area contributed by atoms with E-state index >= 15 is 0 Å². The lowest BCUT2D eigenvalue weighted by molar-refractivity contribution is 0.535. The third kappa shape index (κ3) is 7.98. The fourth-order valence-corrected chi connectivity index (χ4v) is 3.45. The Kier molecular flexibility index (Phi) is 10.3. The molecule has 0 saturated carbocycles. The second kappa shape index (κ2) is 13.1. The van der Waals surface area contributed by atoms with Crippen molar-refractivity contribution in [2.24, 2.45) is 0 Å². The van der Waals surface area contributed by atoms with Gasteiger partial charge in [0.2, 0.25) is 0 Å². The Hall–Kier alpha value is -2.10. The summed E-state index contributed by atoms with van der Waals surface area (Å²) in [6.45, 7) is 5.52. The molecule has 0 amide bonds. The topological polar surface area (TPSA) is 46.5 Å². The van der Waals surface area contributed by atoms with Crippen molar-refractivity contribution in [3.63, 3.8) is 0 Å². The van der Waals surface area contributed by atoms with Gasteiger partial charge in [0.15, 0.2) is 0 Å². The summed E-state index contributed by atoms with van der Waals surface area (Å²) >= 11 is 0. The molecule has 2 heterocycles. The molecule has 27 heavy (non-hydrogen) atoms. The van der Waals surface area contributed by atoms with Crippen molar-refractivity contribution < 1.29 is 0 Å². The van der Waals surface area contributed by atoms with Crippen molar-refractivity contribution in [1.82, 2.24) is 19.5 Å². The number of H-pyrrole nitrogens is 1. The molecule has 4 heteroatoms. The minimum absolute atomic E-state index is 1.11. The van der Waals surface area contributed by atoms with Crippen LogP contribution in [0.5, 0.6) is 0 Å². The van der Waals surface area contributed by atoms with Gasteiger partial charge in [0.1, 0.15) is 5.82 Å². The molecule has 3 aromatic rings. The number of hydrogen-bond acceptors (Lipinski definition) is 2. The third-order valence-corrected chi connectivity index (χ3v) is 4.99. The molecule has 0 unspecified atom stereocenters. The van der Waals surface area contributed by atoms with Crippen LogP contribution < -0.4 is 0 Å². The molecule has 0 fully saturated rings. The van der Waals surface area contributed by atoms with Crippen molar-refractivity contribution in [2.75, 3.05) is 0 Å². The lowest BCUT2D eigenvalue weighted by atomic mass is 10.1. The second-order valence-electron chi connectivity index (χ2n) is 7.24. The predicted octanol–water partition coefficient (Wildman–Crippen LogP) is 6.68. The number of fused-ring (bicyclic) bond motifs is 1. The molecule has 2 aromatic heterocycles. The number of unbranched alkanes of at least 4 members (excludes halogenated alkanes) is 9. The van der Waals surface area contributed by atoms with Gasteiger partial charge in [-0.2, -0.15) is 0 Å². The fraction of sp³-hybridized carbons (Fsp3) is 0.565. The molecule has 0 aliphatic carbocycles. The molecular formula is C23H36N4. The van der Waals surface area contributed by atoms with E-state index in [1.165, 1.54) is 69.7 Å². The SMILES string of the molecule is CCCCCCCCCCCCn1c(C)nc2ccccc21.c1c[nH]cn1. The molecule has 0 radical (unpaired) electrons. The van der Waals surface area contributed by atoms with Crippen LogP contribution in [-0.4, -0.2) is 19.5 Å². The summed E-state index contributed by atoms with van der Waals surface area (Å²) in [7, 11) is 0. The van der Waals surface area contributed by atoms with Crippen LogP contribution in [0.2, 0.25) is 0 Å². The van der Waals surface area contributed by atoms with Crippen molar-refractivity contribution in [3.05, 3.63) is 48.8 Å². The van der Waals surface area contributed by atoms with Crippen LogP contribution in [0.3, 0.4) is 0 Å².